The van der Waals surface area contributed by atoms with E-state index in [0.29, 0.717) is 17.6 Å². The summed E-state index contributed by atoms with van der Waals surface area (Å²) in [6.07, 6.45) is 3.10. The number of nitrogens with zero attached hydrogens (tertiary/aromatic N) is 2. The van der Waals surface area contributed by atoms with E-state index in [1.54, 1.807) is 0 Å². The van der Waals surface area contributed by atoms with E-state index in [4.69, 9.17) is 0 Å². The molecule has 4 rings (SSSR count). The zero-order chi connectivity index (χ0) is 22.1. The summed E-state index contributed by atoms with van der Waals surface area (Å²) in [6.45, 7) is 7.10. The van der Waals surface area contributed by atoms with Gasteiger partial charge in [0.1, 0.15) is 5.82 Å². The molecule has 2 aliphatic heterocycles. The fraction of sp³-hybridized carbons (Fsp3) is 0.478. The van der Waals surface area contributed by atoms with Gasteiger partial charge in [-0.1, -0.05) is 26.0 Å². The third-order valence-corrected chi connectivity index (χ3v) is 6.17. The molecule has 3 heterocycles. The lowest BCUT2D eigenvalue weighted by Crippen LogP contribution is -2.41. The number of hydrogen-bond acceptors (Lipinski definition) is 5. The first-order valence-electron chi connectivity index (χ1n) is 10.9. The zero-order valence-electron chi connectivity index (χ0n) is 18.2. The molecule has 0 bridgehead atoms. The van der Waals surface area contributed by atoms with Crippen molar-refractivity contribution in [1.29, 1.82) is 0 Å². The van der Waals surface area contributed by atoms with Gasteiger partial charge in [0, 0.05) is 24.7 Å². The van der Waals surface area contributed by atoms with Gasteiger partial charge in [-0.2, -0.15) is 4.98 Å². The molecule has 2 aliphatic rings. The highest BCUT2D eigenvalue weighted by Gasteiger charge is 2.35. The van der Waals surface area contributed by atoms with E-state index in [0.717, 1.165) is 25.8 Å². The van der Waals surface area contributed by atoms with Crippen molar-refractivity contribution in [3.05, 3.63) is 45.7 Å². The first kappa shape index (κ1) is 21.1. The van der Waals surface area contributed by atoms with Gasteiger partial charge in [0.25, 0.3) is 5.56 Å². The van der Waals surface area contributed by atoms with Crippen molar-refractivity contribution in [2.45, 2.75) is 64.3 Å². The van der Waals surface area contributed by atoms with E-state index >= 15 is 0 Å². The quantitative estimate of drug-likeness (QED) is 0.699. The van der Waals surface area contributed by atoms with Crippen molar-refractivity contribution in [1.82, 2.24) is 9.97 Å². The fourth-order valence-electron chi connectivity index (χ4n) is 4.31. The van der Waals surface area contributed by atoms with Crippen molar-refractivity contribution < 1.29 is 9.59 Å². The maximum atomic E-state index is 13.0. The van der Waals surface area contributed by atoms with Crippen LogP contribution in [0.15, 0.2) is 29.1 Å². The van der Waals surface area contributed by atoms with Gasteiger partial charge >= 0.3 is 0 Å². The molecule has 0 spiro atoms. The molecule has 31 heavy (non-hydrogen) atoms. The van der Waals surface area contributed by atoms with Gasteiger partial charge in [0.2, 0.25) is 17.8 Å². The van der Waals surface area contributed by atoms with Gasteiger partial charge in [-0.15, -0.1) is 0 Å². The maximum Gasteiger partial charge on any atom is 0.258 e. The lowest BCUT2D eigenvalue weighted by atomic mass is 9.92. The van der Waals surface area contributed by atoms with E-state index in [1.165, 1.54) is 5.56 Å². The van der Waals surface area contributed by atoms with Gasteiger partial charge in [-0.25, -0.2) is 0 Å². The van der Waals surface area contributed by atoms with E-state index in [9.17, 15) is 14.4 Å². The molecule has 0 saturated carbocycles. The summed E-state index contributed by atoms with van der Waals surface area (Å²) < 4.78 is 0. The van der Waals surface area contributed by atoms with Gasteiger partial charge in [0.15, 0.2) is 0 Å². The van der Waals surface area contributed by atoms with Gasteiger partial charge in [-0.05, 0) is 49.8 Å². The molecular weight excluding hydrogens is 394 g/mol. The number of aromatic nitrogens is 2. The molecule has 2 aromatic rings. The van der Waals surface area contributed by atoms with Crippen LogP contribution in [0.4, 0.5) is 17.5 Å². The van der Waals surface area contributed by atoms with Crippen LogP contribution in [0.2, 0.25) is 0 Å². The Balaban J connectivity index is 1.61. The Morgan fingerprint density at radius 3 is 2.61 bits per heavy atom. The second-order valence-corrected chi connectivity index (χ2v) is 8.76. The van der Waals surface area contributed by atoms with Crippen molar-refractivity contribution in [2.75, 3.05) is 22.1 Å². The zero-order valence-corrected chi connectivity index (χ0v) is 18.2. The first-order chi connectivity index (χ1) is 14.8. The molecule has 164 valence electrons. The number of piperidine rings is 1. The predicted octanol–water partition coefficient (Wildman–Crippen LogP) is 3.34. The SMILES string of the molecule is CC(C)c1ccc(NC(=O)[C@H]2CC(=O)Nc3nc(N4CCCC[C@@H]4C)[nH]c(=O)c32)cc1. The minimum absolute atomic E-state index is 0.0901. The minimum atomic E-state index is -0.891. The summed E-state index contributed by atoms with van der Waals surface area (Å²) in [5.74, 6) is -0.583. The summed E-state index contributed by atoms with van der Waals surface area (Å²) in [6, 6.07) is 7.84. The summed E-state index contributed by atoms with van der Waals surface area (Å²) in [7, 11) is 0. The standard InChI is InChI=1S/C23H29N5O3/c1-13(2)15-7-9-16(10-8-15)24-21(30)17-12-18(29)25-20-19(17)22(31)27-23(26-20)28-11-5-4-6-14(28)3/h7-10,13-14,17H,4-6,11-12H2,1-3H3,(H,24,30)(H2,25,26,27,29,31)/t14-,17-/m0/s1. The monoisotopic (exact) mass is 423 g/mol. The highest BCUT2D eigenvalue weighted by atomic mass is 16.2. The largest absolute Gasteiger partial charge is 0.340 e. The lowest BCUT2D eigenvalue weighted by molar-refractivity contribution is -0.123. The third-order valence-electron chi connectivity index (χ3n) is 6.17. The van der Waals surface area contributed by atoms with Crippen LogP contribution in [-0.4, -0.2) is 34.4 Å². The number of carbonyl (C=O) groups excluding carboxylic acids is 2. The van der Waals surface area contributed by atoms with Crippen molar-refractivity contribution in [3.63, 3.8) is 0 Å². The van der Waals surface area contributed by atoms with Gasteiger partial charge in [-0.3, -0.25) is 19.4 Å². The summed E-state index contributed by atoms with van der Waals surface area (Å²) >= 11 is 0. The Bertz CT molecular complexity index is 1040. The van der Waals surface area contributed by atoms with Gasteiger partial charge < -0.3 is 15.5 Å². The Morgan fingerprint density at radius 2 is 1.94 bits per heavy atom. The molecule has 1 saturated heterocycles. The van der Waals surface area contributed by atoms with E-state index in [1.807, 2.05) is 24.3 Å². The van der Waals surface area contributed by atoms with Crippen LogP contribution in [0, 0.1) is 0 Å². The average Bonchev–Trinajstić information content (AvgIpc) is 2.73. The molecule has 8 heteroatoms. The Labute approximate surface area is 181 Å². The molecular formula is C23H29N5O3. The first-order valence-corrected chi connectivity index (χ1v) is 10.9. The van der Waals surface area contributed by atoms with Crippen LogP contribution in [-0.2, 0) is 9.59 Å². The highest BCUT2D eigenvalue weighted by molar-refractivity contribution is 6.04. The molecule has 1 aromatic carbocycles. The molecule has 0 unspecified atom stereocenters. The number of aromatic amines is 1. The number of carbonyl (C=O) groups is 2. The fourth-order valence-corrected chi connectivity index (χ4v) is 4.31. The molecule has 0 aliphatic carbocycles. The molecule has 0 radical (unpaired) electrons. The lowest BCUT2D eigenvalue weighted by Gasteiger charge is -2.34. The highest BCUT2D eigenvalue weighted by Crippen LogP contribution is 2.31. The molecule has 1 aromatic heterocycles. The summed E-state index contributed by atoms with van der Waals surface area (Å²) in [5.41, 5.74) is 1.63. The second kappa shape index (κ2) is 8.53. The summed E-state index contributed by atoms with van der Waals surface area (Å²) in [5, 5.41) is 5.53. The smallest absolute Gasteiger partial charge is 0.258 e. The average molecular weight is 424 g/mol. The molecule has 8 nitrogen and oxygen atoms in total. The minimum Gasteiger partial charge on any atom is -0.340 e. The number of rotatable bonds is 4. The van der Waals surface area contributed by atoms with Crippen LogP contribution in [0.25, 0.3) is 0 Å². The summed E-state index contributed by atoms with van der Waals surface area (Å²) in [4.78, 5) is 47.7. The van der Waals surface area contributed by atoms with E-state index < -0.39 is 5.92 Å². The Kier molecular flexibility index (Phi) is 5.80. The molecule has 3 N–H and O–H groups in total. The van der Waals surface area contributed by atoms with Crippen LogP contribution in [0.5, 0.6) is 0 Å². The van der Waals surface area contributed by atoms with E-state index in [-0.39, 0.29) is 41.2 Å². The Morgan fingerprint density at radius 1 is 1.19 bits per heavy atom. The molecule has 2 amide bonds. The van der Waals surface area contributed by atoms with Crippen molar-refractivity contribution >= 4 is 29.3 Å². The normalized spacial score (nSPS) is 20.9. The molecule has 1 fully saturated rings. The van der Waals surface area contributed by atoms with Crippen LogP contribution < -0.4 is 21.1 Å². The van der Waals surface area contributed by atoms with E-state index in [2.05, 4.69) is 46.3 Å². The third kappa shape index (κ3) is 4.33. The Hall–Kier alpha value is -3.16. The maximum absolute atomic E-state index is 13.0. The number of H-pyrrole nitrogens is 1. The number of fused-ring (bicyclic) bond motifs is 1. The van der Waals surface area contributed by atoms with Gasteiger partial charge in [0.05, 0.1) is 11.5 Å². The number of amides is 2. The van der Waals surface area contributed by atoms with Crippen LogP contribution in [0.1, 0.15) is 69.4 Å². The topological polar surface area (TPSA) is 107 Å². The van der Waals surface area contributed by atoms with Crippen LogP contribution in [0.3, 0.4) is 0 Å². The number of hydrogen-bond donors (Lipinski definition) is 3. The number of benzene rings is 1. The second-order valence-electron chi connectivity index (χ2n) is 8.76. The van der Waals surface area contributed by atoms with Crippen molar-refractivity contribution in [3.8, 4) is 0 Å². The number of nitrogens with one attached hydrogen (secondary N) is 3. The van der Waals surface area contributed by atoms with Crippen molar-refractivity contribution in [2.24, 2.45) is 0 Å². The van der Waals surface area contributed by atoms with Crippen LogP contribution >= 0.6 is 0 Å². The molecule has 2 atom stereocenters. The predicted molar refractivity (Wildman–Crippen MR) is 121 cm³/mol. The number of anilines is 3.